The zero-order valence-electron chi connectivity index (χ0n) is 6.34. The van der Waals surface area contributed by atoms with Gasteiger partial charge in [0, 0.05) is 0 Å². The summed E-state index contributed by atoms with van der Waals surface area (Å²) in [7, 11) is 0. The van der Waals surface area contributed by atoms with E-state index in [4.69, 9.17) is 0 Å². The molecule has 0 radical (unpaired) electrons. The van der Waals surface area contributed by atoms with E-state index >= 15 is 0 Å². The molecule has 0 atom stereocenters. The van der Waals surface area contributed by atoms with Crippen LogP contribution in [0.4, 0.5) is 13.2 Å². The fraction of sp³-hybridized carbons (Fsp3) is 1.00. The molecule has 4 heteroatoms. The van der Waals surface area contributed by atoms with Gasteiger partial charge in [-0.05, 0) is 20.4 Å². The molecule has 10 heavy (non-hydrogen) atoms. The Morgan fingerprint density at radius 1 is 1.20 bits per heavy atom. The first-order valence-corrected chi connectivity index (χ1v) is 3.13. The molecule has 0 unspecified atom stereocenters. The van der Waals surface area contributed by atoms with Crippen molar-refractivity contribution in [1.29, 1.82) is 0 Å². The van der Waals surface area contributed by atoms with Gasteiger partial charge in [0.15, 0.2) is 0 Å². The van der Waals surface area contributed by atoms with E-state index in [1.54, 1.807) is 6.92 Å². The van der Waals surface area contributed by atoms with Gasteiger partial charge in [-0.15, -0.1) is 0 Å². The van der Waals surface area contributed by atoms with Crippen LogP contribution >= 0.6 is 0 Å². The molecule has 0 bridgehead atoms. The summed E-state index contributed by atoms with van der Waals surface area (Å²) in [6.07, 6.45) is -4.16. The Balaban J connectivity index is 4.10. The first-order chi connectivity index (χ1) is 4.31. The molecule has 0 saturated carbocycles. The summed E-state index contributed by atoms with van der Waals surface area (Å²) in [5, 5.41) is 2.34. The van der Waals surface area contributed by atoms with Crippen molar-refractivity contribution in [3.63, 3.8) is 0 Å². The summed E-state index contributed by atoms with van der Waals surface area (Å²) in [5.74, 6) is 0. The molecule has 0 heterocycles. The molecular formula is C6H12F3N. The van der Waals surface area contributed by atoms with Crippen molar-refractivity contribution in [3.8, 4) is 0 Å². The van der Waals surface area contributed by atoms with Crippen LogP contribution in [-0.2, 0) is 0 Å². The second kappa shape index (κ2) is 2.78. The third-order valence-electron chi connectivity index (χ3n) is 1.33. The van der Waals surface area contributed by atoms with Crippen molar-refractivity contribution < 1.29 is 13.2 Å². The minimum Gasteiger partial charge on any atom is -0.304 e. The lowest BCUT2D eigenvalue weighted by molar-refractivity contribution is -0.185. The topological polar surface area (TPSA) is 12.0 Å². The van der Waals surface area contributed by atoms with Crippen molar-refractivity contribution in [2.24, 2.45) is 0 Å². The molecule has 62 valence electrons. The highest BCUT2D eigenvalue weighted by Crippen LogP contribution is 2.28. The van der Waals surface area contributed by atoms with Gasteiger partial charge in [0.25, 0.3) is 0 Å². The summed E-state index contributed by atoms with van der Waals surface area (Å²) >= 11 is 0. The predicted octanol–water partition coefficient (Wildman–Crippen LogP) is 1.94. The maximum absolute atomic E-state index is 12.0. The van der Waals surface area contributed by atoms with Crippen molar-refractivity contribution in [2.75, 3.05) is 6.54 Å². The Morgan fingerprint density at radius 2 is 1.60 bits per heavy atom. The Labute approximate surface area is 58.6 Å². The Hall–Kier alpha value is -0.250. The summed E-state index contributed by atoms with van der Waals surface area (Å²) in [6.45, 7) is 4.22. The molecule has 0 aliphatic heterocycles. The highest BCUT2D eigenvalue weighted by atomic mass is 19.4. The van der Waals surface area contributed by atoms with Crippen LogP contribution in [0.15, 0.2) is 0 Å². The van der Waals surface area contributed by atoms with Gasteiger partial charge in [-0.25, -0.2) is 0 Å². The van der Waals surface area contributed by atoms with Crippen LogP contribution in [0.1, 0.15) is 20.8 Å². The molecule has 0 rings (SSSR count). The van der Waals surface area contributed by atoms with E-state index in [1.165, 1.54) is 0 Å². The molecule has 0 aromatic carbocycles. The number of rotatable bonds is 2. The summed E-state index contributed by atoms with van der Waals surface area (Å²) in [4.78, 5) is 0. The van der Waals surface area contributed by atoms with Crippen molar-refractivity contribution in [3.05, 3.63) is 0 Å². The number of halogens is 3. The maximum atomic E-state index is 12.0. The molecule has 0 fully saturated rings. The summed E-state index contributed by atoms with van der Waals surface area (Å²) in [6, 6.07) is 0. The fourth-order valence-electron chi connectivity index (χ4n) is 0.542. The monoisotopic (exact) mass is 155 g/mol. The van der Waals surface area contributed by atoms with Gasteiger partial charge < -0.3 is 5.32 Å². The van der Waals surface area contributed by atoms with Crippen molar-refractivity contribution in [1.82, 2.24) is 5.32 Å². The third kappa shape index (κ3) is 2.17. The molecule has 0 saturated heterocycles. The normalized spacial score (nSPS) is 13.8. The average molecular weight is 155 g/mol. The third-order valence-corrected chi connectivity index (χ3v) is 1.33. The van der Waals surface area contributed by atoms with Gasteiger partial charge in [-0.1, -0.05) is 6.92 Å². The molecule has 0 aliphatic rings. The second-order valence-electron chi connectivity index (χ2n) is 2.65. The second-order valence-corrected chi connectivity index (χ2v) is 2.65. The van der Waals surface area contributed by atoms with Crippen LogP contribution in [0.2, 0.25) is 0 Å². The minimum absolute atomic E-state index is 0.326. The van der Waals surface area contributed by atoms with Gasteiger partial charge in [-0.3, -0.25) is 0 Å². The highest BCUT2D eigenvalue weighted by molar-refractivity contribution is 4.84. The molecular weight excluding hydrogens is 143 g/mol. The van der Waals surface area contributed by atoms with E-state index < -0.39 is 11.7 Å². The van der Waals surface area contributed by atoms with Crippen LogP contribution in [-0.4, -0.2) is 18.3 Å². The van der Waals surface area contributed by atoms with Crippen LogP contribution in [0.3, 0.4) is 0 Å². The zero-order valence-corrected chi connectivity index (χ0v) is 6.34. The van der Waals surface area contributed by atoms with Gasteiger partial charge in [0.1, 0.15) is 5.54 Å². The lowest BCUT2D eigenvalue weighted by Crippen LogP contribution is -2.51. The number of hydrogen-bond donors (Lipinski definition) is 1. The van der Waals surface area contributed by atoms with E-state index in [-0.39, 0.29) is 0 Å². The Morgan fingerprint density at radius 3 is 1.70 bits per heavy atom. The first-order valence-electron chi connectivity index (χ1n) is 3.13. The van der Waals surface area contributed by atoms with Crippen LogP contribution < -0.4 is 5.32 Å². The van der Waals surface area contributed by atoms with Crippen molar-refractivity contribution in [2.45, 2.75) is 32.5 Å². The van der Waals surface area contributed by atoms with Gasteiger partial charge >= 0.3 is 6.18 Å². The van der Waals surface area contributed by atoms with E-state index in [1.807, 2.05) is 0 Å². The minimum atomic E-state index is -4.16. The van der Waals surface area contributed by atoms with E-state index in [2.05, 4.69) is 5.32 Å². The first kappa shape index (κ1) is 9.75. The predicted molar refractivity (Wildman–Crippen MR) is 33.8 cm³/mol. The Bertz CT molecular complexity index is 106. The molecule has 0 aromatic rings. The molecule has 0 aliphatic carbocycles. The zero-order chi connectivity index (χ0) is 8.41. The number of nitrogens with one attached hydrogen (secondary N) is 1. The maximum Gasteiger partial charge on any atom is 0.406 e. The lowest BCUT2D eigenvalue weighted by Gasteiger charge is -2.28. The molecule has 0 spiro atoms. The lowest BCUT2D eigenvalue weighted by atomic mass is 10.1. The quantitative estimate of drug-likeness (QED) is 0.642. The van der Waals surface area contributed by atoms with Crippen LogP contribution in [0.5, 0.6) is 0 Å². The number of alkyl halides is 3. The largest absolute Gasteiger partial charge is 0.406 e. The van der Waals surface area contributed by atoms with Gasteiger partial charge in [0.2, 0.25) is 0 Å². The SMILES string of the molecule is CCNC(C)(C)C(F)(F)F. The van der Waals surface area contributed by atoms with E-state index in [9.17, 15) is 13.2 Å². The fourth-order valence-corrected chi connectivity index (χ4v) is 0.542. The number of hydrogen-bond acceptors (Lipinski definition) is 1. The average Bonchev–Trinajstić information content (AvgIpc) is 1.61. The Kier molecular flexibility index (Phi) is 2.71. The van der Waals surface area contributed by atoms with E-state index in [0.717, 1.165) is 13.8 Å². The van der Waals surface area contributed by atoms with Gasteiger partial charge in [0.05, 0.1) is 0 Å². The molecule has 1 N–H and O–H groups in total. The summed E-state index contributed by atoms with van der Waals surface area (Å²) in [5.41, 5.74) is -1.76. The summed E-state index contributed by atoms with van der Waals surface area (Å²) < 4.78 is 35.9. The van der Waals surface area contributed by atoms with Gasteiger partial charge in [-0.2, -0.15) is 13.2 Å². The molecule has 0 aromatic heterocycles. The van der Waals surface area contributed by atoms with E-state index in [0.29, 0.717) is 6.54 Å². The highest BCUT2D eigenvalue weighted by Gasteiger charge is 2.46. The van der Waals surface area contributed by atoms with Crippen LogP contribution in [0, 0.1) is 0 Å². The standard InChI is InChI=1S/C6H12F3N/c1-4-10-5(2,3)6(7,8)9/h10H,4H2,1-3H3. The molecule has 0 amide bonds. The molecule has 1 nitrogen and oxygen atoms in total. The van der Waals surface area contributed by atoms with Crippen LogP contribution in [0.25, 0.3) is 0 Å². The van der Waals surface area contributed by atoms with Crippen molar-refractivity contribution >= 4 is 0 Å². The smallest absolute Gasteiger partial charge is 0.304 e.